The van der Waals surface area contributed by atoms with Gasteiger partial charge in [0, 0.05) is 32.3 Å². The number of hydrogen-bond donors (Lipinski definition) is 1. The zero-order chi connectivity index (χ0) is 14.9. The van der Waals surface area contributed by atoms with Crippen molar-refractivity contribution in [2.45, 2.75) is 38.6 Å². The van der Waals surface area contributed by atoms with Crippen LogP contribution in [0.1, 0.15) is 32.4 Å². The standard InChI is InChI=1S/C15H21NO4/c1-9(17)19-14-13(18-5)11-8-10(16-4)6-7-12(11)20-15(14,2)3/h6-8,13-14,16H,1-5H3. The average molecular weight is 279 g/mol. The summed E-state index contributed by atoms with van der Waals surface area (Å²) in [5.74, 6) is 0.409. The molecule has 0 amide bonds. The number of nitrogens with one attached hydrogen (secondary N) is 1. The summed E-state index contributed by atoms with van der Waals surface area (Å²) >= 11 is 0. The minimum Gasteiger partial charge on any atom is -0.483 e. The average Bonchev–Trinajstić information content (AvgIpc) is 2.38. The van der Waals surface area contributed by atoms with Crippen LogP contribution >= 0.6 is 0 Å². The van der Waals surface area contributed by atoms with Crippen molar-refractivity contribution in [1.29, 1.82) is 0 Å². The summed E-state index contributed by atoms with van der Waals surface area (Å²) in [7, 11) is 3.46. The van der Waals surface area contributed by atoms with Crippen molar-refractivity contribution >= 4 is 11.7 Å². The van der Waals surface area contributed by atoms with Crippen molar-refractivity contribution < 1.29 is 19.0 Å². The Morgan fingerprint density at radius 3 is 2.65 bits per heavy atom. The third-order valence-electron chi connectivity index (χ3n) is 3.49. The largest absolute Gasteiger partial charge is 0.483 e. The van der Waals surface area contributed by atoms with Gasteiger partial charge in [0.25, 0.3) is 0 Å². The van der Waals surface area contributed by atoms with Crippen LogP contribution in [0, 0.1) is 0 Å². The minimum absolute atomic E-state index is 0.345. The van der Waals surface area contributed by atoms with E-state index in [9.17, 15) is 4.79 Å². The molecule has 2 rings (SSSR count). The summed E-state index contributed by atoms with van der Waals surface area (Å²) in [5, 5.41) is 3.08. The number of ether oxygens (including phenoxy) is 3. The molecule has 1 aliphatic rings. The maximum Gasteiger partial charge on any atom is 0.303 e. The van der Waals surface area contributed by atoms with Gasteiger partial charge >= 0.3 is 5.97 Å². The van der Waals surface area contributed by atoms with E-state index in [1.165, 1.54) is 6.92 Å². The number of carbonyl (C=O) groups is 1. The fourth-order valence-electron chi connectivity index (χ4n) is 2.52. The summed E-state index contributed by atoms with van der Waals surface area (Å²) in [6.45, 7) is 5.17. The maximum atomic E-state index is 11.4. The van der Waals surface area contributed by atoms with E-state index < -0.39 is 11.7 Å². The van der Waals surface area contributed by atoms with E-state index >= 15 is 0 Å². The molecular formula is C15H21NO4. The molecule has 0 saturated heterocycles. The number of methoxy groups -OCH3 is 1. The SMILES string of the molecule is CNc1ccc2c(c1)C(OC)C(OC(C)=O)C(C)(C)O2. The van der Waals surface area contributed by atoms with E-state index in [2.05, 4.69) is 5.32 Å². The van der Waals surface area contributed by atoms with Gasteiger partial charge in [-0.05, 0) is 32.0 Å². The molecule has 5 nitrogen and oxygen atoms in total. The predicted molar refractivity (Wildman–Crippen MR) is 76.0 cm³/mol. The molecule has 0 bridgehead atoms. The fraction of sp³-hybridized carbons (Fsp3) is 0.533. The Morgan fingerprint density at radius 2 is 2.10 bits per heavy atom. The summed E-state index contributed by atoms with van der Waals surface area (Å²) in [6.07, 6.45) is -0.851. The molecule has 0 saturated carbocycles. The van der Waals surface area contributed by atoms with Gasteiger partial charge in [0.2, 0.25) is 0 Å². The first kappa shape index (κ1) is 14.7. The molecule has 110 valence electrons. The fourth-order valence-corrected chi connectivity index (χ4v) is 2.52. The lowest BCUT2D eigenvalue weighted by atomic mass is 9.88. The molecule has 0 radical (unpaired) electrons. The van der Waals surface area contributed by atoms with Crippen LogP contribution in [0.25, 0.3) is 0 Å². The lowest BCUT2D eigenvalue weighted by molar-refractivity contribution is -0.178. The van der Waals surface area contributed by atoms with Crippen LogP contribution in [0.3, 0.4) is 0 Å². The molecule has 1 aromatic carbocycles. The van der Waals surface area contributed by atoms with Crippen molar-refractivity contribution in [3.8, 4) is 5.75 Å². The number of esters is 1. The zero-order valence-corrected chi connectivity index (χ0v) is 12.5. The maximum absolute atomic E-state index is 11.4. The highest BCUT2D eigenvalue weighted by Crippen LogP contribution is 2.43. The molecule has 1 aromatic rings. The molecular weight excluding hydrogens is 258 g/mol. The van der Waals surface area contributed by atoms with Crippen molar-refractivity contribution in [2.75, 3.05) is 19.5 Å². The van der Waals surface area contributed by atoms with E-state index in [1.54, 1.807) is 7.11 Å². The molecule has 2 unspecified atom stereocenters. The molecule has 1 N–H and O–H groups in total. The van der Waals surface area contributed by atoms with Crippen LogP contribution in [0.4, 0.5) is 5.69 Å². The molecule has 5 heteroatoms. The van der Waals surface area contributed by atoms with Crippen molar-refractivity contribution in [2.24, 2.45) is 0 Å². The highest BCUT2D eigenvalue weighted by Gasteiger charge is 2.46. The molecule has 0 aromatic heterocycles. The summed E-state index contributed by atoms with van der Waals surface area (Å²) in [4.78, 5) is 11.4. The van der Waals surface area contributed by atoms with Gasteiger partial charge in [-0.25, -0.2) is 0 Å². The van der Waals surface area contributed by atoms with E-state index in [-0.39, 0.29) is 12.1 Å². The first-order chi connectivity index (χ1) is 9.39. The van der Waals surface area contributed by atoms with Gasteiger partial charge in [-0.1, -0.05) is 0 Å². The van der Waals surface area contributed by atoms with Gasteiger partial charge < -0.3 is 19.5 Å². The Hall–Kier alpha value is -1.75. The molecule has 2 atom stereocenters. The Bertz CT molecular complexity index is 513. The molecule has 0 spiro atoms. The zero-order valence-electron chi connectivity index (χ0n) is 12.5. The number of benzene rings is 1. The van der Waals surface area contributed by atoms with Crippen LogP contribution in [0.2, 0.25) is 0 Å². The van der Waals surface area contributed by atoms with Crippen LogP contribution in [0.15, 0.2) is 18.2 Å². The first-order valence-corrected chi connectivity index (χ1v) is 6.59. The molecule has 1 aliphatic heterocycles. The second kappa shape index (κ2) is 5.32. The Morgan fingerprint density at radius 1 is 1.40 bits per heavy atom. The molecule has 1 heterocycles. The van der Waals surface area contributed by atoms with E-state index in [0.29, 0.717) is 0 Å². The molecule has 0 aliphatic carbocycles. The third kappa shape index (κ3) is 2.58. The van der Waals surface area contributed by atoms with E-state index in [4.69, 9.17) is 14.2 Å². The van der Waals surface area contributed by atoms with Gasteiger partial charge in [0.1, 0.15) is 17.5 Å². The monoisotopic (exact) mass is 279 g/mol. The van der Waals surface area contributed by atoms with Crippen molar-refractivity contribution in [1.82, 2.24) is 0 Å². The topological polar surface area (TPSA) is 56.8 Å². The third-order valence-corrected chi connectivity index (χ3v) is 3.49. The van der Waals surface area contributed by atoms with Crippen LogP contribution in [-0.2, 0) is 14.3 Å². The van der Waals surface area contributed by atoms with Crippen LogP contribution < -0.4 is 10.1 Å². The Kier molecular flexibility index (Phi) is 3.90. The lowest BCUT2D eigenvalue weighted by Gasteiger charge is -2.43. The van der Waals surface area contributed by atoms with E-state index in [0.717, 1.165) is 17.0 Å². The van der Waals surface area contributed by atoms with Crippen LogP contribution in [-0.4, -0.2) is 31.8 Å². The quantitative estimate of drug-likeness (QED) is 0.862. The molecule has 0 fully saturated rings. The highest BCUT2D eigenvalue weighted by atomic mass is 16.6. The minimum atomic E-state index is -0.652. The van der Waals surface area contributed by atoms with Gasteiger partial charge in [-0.15, -0.1) is 0 Å². The number of anilines is 1. The number of hydrogen-bond acceptors (Lipinski definition) is 5. The smallest absolute Gasteiger partial charge is 0.303 e. The summed E-state index contributed by atoms with van der Waals surface area (Å²) < 4.78 is 17.0. The van der Waals surface area contributed by atoms with Crippen LogP contribution in [0.5, 0.6) is 5.75 Å². The van der Waals surface area contributed by atoms with E-state index in [1.807, 2.05) is 39.1 Å². The van der Waals surface area contributed by atoms with Gasteiger partial charge in [-0.3, -0.25) is 4.79 Å². The van der Waals surface area contributed by atoms with Crippen molar-refractivity contribution in [3.05, 3.63) is 23.8 Å². The molecule has 20 heavy (non-hydrogen) atoms. The van der Waals surface area contributed by atoms with Crippen molar-refractivity contribution in [3.63, 3.8) is 0 Å². The number of fused-ring (bicyclic) bond motifs is 1. The summed E-state index contributed by atoms with van der Waals surface area (Å²) in [5.41, 5.74) is 1.18. The highest BCUT2D eigenvalue weighted by molar-refractivity contribution is 5.66. The number of carbonyl (C=O) groups excluding carboxylic acids is 1. The Labute approximate surface area is 119 Å². The summed E-state index contributed by atoms with van der Waals surface area (Å²) in [6, 6.07) is 5.79. The second-order valence-electron chi connectivity index (χ2n) is 5.39. The normalized spacial score (nSPS) is 23.4. The predicted octanol–water partition coefficient (Wildman–Crippen LogP) is 2.52. The first-order valence-electron chi connectivity index (χ1n) is 6.59. The number of rotatable bonds is 3. The van der Waals surface area contributed by atoms with Gasteiger partial charge in [0.15, 0.2) is 6.10 Å². The van der Waals surface area contributed by atoms with Gasteiger partial charge in [0.05, 0.1) is 0 Å². The lowest BCUT2D eigenvalue weighted by Crippen LogP contribution is -2.51. The Balaban J connectivity index is 2.47. The second-order valence-corrected chi connectivity index (χ2v) is 5.39. The van der Waals surface area contributed by atoms with Gasteiger partial charge in [-0.2, -0.15) is 0 Å².